The van der Waals surface area contributed by atoms with Gasteiger partial charge in [0.2, 0.25) is 16.0 Å². The van der Waals surface area contributed by atoms with Gasteiger partial charge in [0.15, 0.2) is 0 Å². The Morgan fingerprint density at radius 2 is 1.86 bits per heavy atom. The largest absolute Gasteiger partial charge is 0.341 e. The first-order valence-corrected chi connectivity index (χ1v) is 13.5. The maximum Gasteiger partial charge on any atom is 0.290 e. The van der Waals surface area contributed by atoms with Crippen LogP contribution < -0.4 is 14.9 Å². The predicted molar refractivity (Wildman–Crippen MR) is 135 cm³/mol. The quantitative estimate of drug-likeness (QED) is 0.486. The average Bonchev–Trinajstić information content (AvgIpc) is 3.19. The molecule has 2 amide bonds. The summed E-state index contributed by atoms with van der Waals surface area (Å²) < 4.78 is 28.4. The molecule has 0 saturated carbocycles. The highest BCUT2D eigenvalue weighted by Crippen LogP contribution is 2.26. The first-order valence-electron chi connectivity index (χ1n) is 11.2. The minimum absolute atomic E-state index is 0.205. The summed E-state index contributed by atoms with van der Waals surface area (Å²) in [6.45, 7) is 1.75. The van der Waals surface area contributed by atoms with Crippen molar-refractivity contribution in [2.45, 2.75) is 17.7 Å². The van der Waals surface area contributed by atoms with E-state index in [1.165, 1.54) is 0 Å². The van der Waals surface area contributed by atoms with Crippen LogP contribution in [0.5, 0.6) is 0 Å². The van der Waals surface area contributed by atoms with E-state index >= 15 is 0 Å². The Labute approximate surface area is 207 Å². The Bertz CT molecular complexity index is 1430. The summed E-state index contributed by atoms with van der Waals surface area (Å²) in [5.74, 6) is 0.327. The molecule has 0 atom stereocenters. The fourth-order valence-electron chi connectivity index (χ4n) is 4.13. The number of nitrogens with zero attached hydrogens (tertiary/aromatic N) is 3. The van der Waals surface area contributed by atoms with Crippen LogP contribution in [0.4, 0.5) is 10.7 Å². The van der Waals surface area contributed by atoms with Gasteiger partial charge in [-0.2, -0.15) is 0 Å². The number of carbonyl (C=O) groups is 2. The monoisotopic (exact) mass is 509 g/mol. The van der Waals surface area contributed by atoms with Gasteiger partial charge in [-0.05, 0) is 65.6 Å². The summed E-state index contributed by atoms with van der Waals surface area (Å²) in [6.07, 6.45) is 4.78. The molecular weight excluding hydrogens is 486 g/mol. The van der Waals surface area contributed by atoms with Gasteiger partial charge in [-0.25, -0.2) is 23.1 Å². The Hall–Kier alpha value is -3.28. The normalized spacial score (nSPS) is 18.4. The first kappa shape index (κ1) is 23.5. The van der Waals surface area contributed by atoms with E-state index in [0.29, 0.717) is 36.2 Å². The Balaban J connectivity index is 1.18. The zero-order chi connectivity index (χ0) is 24.4. The molecular formula is C24H23N5O4S2. The minimum Gasteiger partial charge on any atom is -0.341 e. The maximum atomic E-state index is 12.8. The summed E-state index contributed by atoms with van der Waals surface area (Å²) in [5.41, 5.74) is 0.549. The third-order valence-electron chi connectivity index (χ3n) is 6.08. The van der Waals surface area contributed by atoms with E-state index in [1.54, 1.807) is 30.5 Å². The number of thioether (sulfide) groups is 1. The van der Waals surface area contributed by atoms with E-state index in [1.807, 2.05) is 35.2 Å². The topological polar surface area (TPSA) is 121 Å². The zero-order valence-corrected chi connectivity index (χ0v) is 20.3. The number of carbonyl (C=O) groups excluding carboxylic acids is 2. The summed E-state index contributed by atoms with van der Waals surface area (Å²) in [5, 5.41) is 3.72. The highest BCUT2D eigenvalue weighted by molar-refractivity contribution is 8.18. The minimum atomic E-state index is -3.60. The molecule has 2 fully saturated rings. The smallest absolute Gasteiger partial charge is 0.290 e. The second-order valence-corrected chi connectivity index (χ2v) is 11.2. The van der Waals surface area contributed by atoms with Crippen molar-refractivity contribution in [2.24, 2.45) is 5.92 Å². The van der Waals surface area contributed by atoms with Crippen LogP contribution in [0.2, 0.25) is 0 Å². The number of hydrogen-bond donors (Lipinski definition) is 2. The molecule has 0 bridgehead atoms. The molecule has 2 aromatic carbocycles. The van der Waals surface area contributed by atoms with Crippen molar-refractivity contribution in [2.75, 3.05) is 24.5 Å². The zero-order valence-electron chi connectivity index (χ0n) is 18.7. The number of rotatable bonds is 6. The van der Waals surface area contributed by atoms with E-state index in [-0.39, 0.29) is 10.8 Å². The molecule has 9 nitrogen and oxygen atoms in total. The van der Waals surface area contributed by atoms with Crippen molar-refractivity contribution < 1.29 is 18.0 Å². The van der Waals surface area contributed by atoms with Crippen molar-refractivity contribution in [3.63, 3.8) is 0 Å². The van der Waals surface area contributed by atoms with Crippen molar-refractivity contribution in [3.8, 4) is 0 Å². The number of fused-ring (bicyclic) bond motifs is 1. The molecule has 0 radical (unpaired) electrons. The number of anilines is 1. The SMILES string of the molecule is O=C1NC(=O)/C(=C\c2ccnc(N3CCC(CNS(=O)(=O)c4ccc5ccccc5c4)CC3)n2)S1. The maximum absolute atomic E-state index is 12.8. The highest BCUT2D eigenvalue weighted by Gasteiger charge is 2.26. The second kappa shape index (κ2) is 9.76. The fourth-order valence-corrected chi connectivity index (χ4v) is 5.95. The van der Waals surface area contributed by atoms with E-state index in [0.717, 1.165) is 35.4 Å². The van der Waals surface area contributed by atoms with Crippen molar-refractivity contribution >= 4 is 55.7 Å². The van der Waals surface area contributed by atoms with Crippen molar-refractivity contribution in [3.05, 3.63) is 65.3 Å². The third kappa shape index (κ3) is 5.37. The van der Waals surface area contributed by atoms with Crippen LogP contribution in [0.3, 0.4) is 0 Å². The van der Waals surface area contributed by atoms with Gasteiger partial charge in [-0.15, -0.1) is 0 Å². The molecule has 2 aliphatic heterocycles. The molecule has 11 heteroatoms. The van der Waals surface area contributed by atoms with Crippen LogP contribution >= 0.6 is 11.8 Å². The van der Waals surface area contributed by atoms with Crippen molar-refractivity contribution in [1.82, 2.24) is 20.0 Å². The molecule has 180 valence electrons. The molecule has 0 unspecified atom stereocenters. The van der Waals surface area contributed by atoms with Gasteiger partial charge in [0.05, 0.1) is 15.5 Å². The van der Waals surface area contributed by atoms with E-state index < -0.39 is 21.2 Å². The van der Waals surface area contributed by atoms with Gasteiger partial charge < -0.3 is 4.90 Å². The molecule has 3 heterocycles. The van der Waals surface area contributed by atoms with Crippen molar-refractivity contribution in [1.29, 1.82) is 0 Å². The second-order valence-electron chi connectivity index (χ2n) is 8.43. The fraction of sp³-hybridized carbons (Fsp3) is 0.250. The number of aromatic nitrogens is 2. The van der Waals surface area contributed by atoms with Gasteiger partial charge >= 0.3 is 0 Å². The predicted octanol–water partition coefficient (Wildman–Crippen LogP) is 3.15. The number of amides is 2. The summed E-state index contributed by atoms with van der Waals surface area (Å²) >= 11 is 0.848. The average molecular weight is 510 g/mol. The molecule has 2 N–H and O–H groups in total. The summed E-state index contributed by atoms with van der Waals surface area (Å²) in [7, 11) is -3.60. The summed E-state index contributed by atoms with van der Waals surface area (Å²) in [6, 6.07) is 14.5. The van der Waals surface area contributed by atoms with E-state index in [9.17, 15) is 18.0 Å². The molecule has 2 aliphatic rings. The third-order valence-corrected chi connectivity index (χ3v) is 8.31. The van der Waals surface area contributed by atoms with Crippen LogP contribution in [0.15, 0.2) is 64.5 Å². The number of piperidine rings is 1. The Morgan fingerprint density at radius 3 is 2.60 bits per heavy atom. The first-order chi connectivity index (χ1) is 16.9. The molecule has 0 aliphatic carbocycles. The molecule has 5 rings (SSSR count). The molecule has 0 spiro atoms. The van der Waals surface area contributed by atoms with Crippen LogP contribution in [0.1, 0.15) is 18.5 Å². The standard InChI is InChI=1S/C24H23N5O4S2/c30-22-21(34-24(31)28-22)14-19-7-10-25-23(27-19)29-11-8-16(9-12-29)15-26-35(32,33)20-6-5-17-3-1-2-4-18(17)13-20/h1-7,10,13-14,16,26H,8-9,11-12,15H2,(H,28,30,31)/b21-14+. The van der Waals surface area contributed by atoms with Gasteiger partial charge in [0.1, 0.15) is 0 Å². The van der Waals surface area contributed by atoms with Gasteiger partial charge in [-0.3, -0.25) is 14.9 Å². The lowest BCUT2D eigenvalue weighted by Gasteiger charge is -2.32. The lowest BCUT2D eigenvalue weighted by molar-refractivity contribution is -0.115. The number of nitrogens with one attached hydrogen (secondary N) is 2. The van der Waals surface area contributed by atoms with Gasteiger partial charge in [0.25, 0.3) is 11.1 Å². The highest BCUT2D eigenvalue weighted by atomic mass is 32.2. The number of sulfonamides is 1. The lowest BCUT2D eigenvalue weighted by Crippen LogP contribution is -2.39. The van der Waals surface area contributed by atoms with Gasteiger partial charge in [-0.1, -0.05) is 30.3 Å². The van der Waals surface area contributed by atoms with Crippen LogP contribution in [0.25, 0.3) is 16.8 Å². The van der Waals surface area contributed by atoms with E-state index in [2.05, 4.69) is 20.0 Å². The number of imide groups is 1. The molecule has 2 saturated heterocycles. The van der Waals surface area contributed by atoms with Gasteiger partial charge in [0, 0.05) is 25.8 Å². The number of hydrogen-bond acceptors (Lipinski definition) is 8. The Kier molecular flexibility index (Phi) is 6.54. The molecule has 1 aromatic heterocycles. The lowest BCUT2D eigenvalue weighted by atomic mass is 9.97. The molecule has 35 heavy (non-hydrogen) atoms. The number of benzene rings is 2. The summed E-state index contributed by atoms with van der Waals surface area (Å²) in [4.78, 5) is 34.6. The van der Waals surface area contributed by atoms with E-state index in [4.69, 9.17) is 0 Å². The van der Waals surface area contributed by atoms with Crippen LogP contribution in [-0.4, -0.2) is 49.2 Å². The van der Waals surface area contributed by atoms with Crippen LogP contribution in [-0.2, 0) is 14.8 Å². The van der Waals surface area contributed by atoms with Crippen LogP contribution in [0, 0.1) is 5.92 Å². The Morgan fingerprint density at radius 1 is 1.09 bits per heavy atom. The molecule has 3 aromatic rings.